The fraction of sp³-hybridized carbons (Fsp3) is 0.0909. The molecule has 0 fully saturated rings. The van der Waals surface area contributed by atoms with Crippen LogP contribution in [-0.2, 0) is 0 Å². The van der Waals surface area contributed by atoms with Gasteiger partial charge in [-0.2, -0.15) is 0 Å². The number of hydrogen-bond donors (Lipinski definition) is 0. The summed E-state index contributed by atoms with van der Waals surface area (Å²) in [6.07, 6.45) is 3.38. The first-order valence-corrected chi connectivity index (χ1v) is 4.22. The first kappa shape index (κ1) is 8.69. The predicted octanol–water partition coefficient (Wildman–Crippen LogP) is 1.95. The van der Waals surface area contributed by atoms with Crippen molar-refractivity contribution in [2.45, 2.75) is 0 Å². The quantitative estimate of drug-likeness (QED) is 0.717. The lowest BCUT2D eigenvalue weighted by Crippen LogP contribution is -1.88. The molecule has 2 rings (SSSR count). The van der Waals surface area contributed by atoms with Crippen molar-refractivity contribution < 1.29 is 4.74 Å². The summed E-state index contributed by atoms with van der Waals surface area (Å²) in [5.41, 5.74) is 1.86. The van der Waals surface area contributed by atoms with Crippen LogP contribution in [0.3, 0.4) is 0 Å². The third-order valence-corrected chi connectivity index (χ3v) is 1.86. The third-order valence-electron chi connectivity index (χ3n) is 1.86. The first-order chi connectivity index (χ1) is 6.90. The molecule has 2 aromatic rings. The Morgan fingerprint density at radius 1 is 1.21 bits per heavy atom. The summed E-state index contributed by atoms with van der Waals surface area (Å²) in [7, 11) is 1.59. The van der Waals surface area contributed by atoms with Crippen LogP contribution in [0.25, 0.3) is 11.3 Å². The highest BCUT2D eigenvalue weighted by atomic mass is 16.5. The highest BCUT2D eigenvalue weighted by Gasteiger charge is 1.98. The molecule has 2 heterocycles. The first-order valence-electron chi connectivity index (χ1n) is 4.22. The van der Waals surface area contributed by atoms with E-state index in [1.165, 1.54) is 0 Å². The lowest BCUT2D eigenvalue weighted by molar-refractivity contribution is 0.398. The minimum atomic E-state index is 0.608. The molecule has 0 aromatic carbocycles. The summed E-state index contributed by atoms with van der Waals surface area (Å²) in [5.74, 6) is 0.608. The standard InChI is InChI=1S/C11H9N2O/c1-14-11-6-5-9(8-13-11)10-4-2-3-7-12-10/h2,4-8H,1H3. The minimum Gasteiger partial charge on any atom is -0.481 e. The Kier molecular flexibility index (Phi) is 2.40. The zero-order valence-corrected chi connectivity index (χ0v) is 7.77. The average Bonchev–Trinajstić information content (AvgIpc) is 2.30. The summed E-state index contributed by atoms with van der Waals surface area (Å²) in [6.45, 7) is 0. The van der Waals surface area contributed by atoms with Gasteiger partial charge in [-0.1, -0.05) is 6.07 Å². The molecule has 1 radical (unpaired) electrons. The molecule has 0 atom stereocenters. The van der Waals surface area contributed by atoms with Crippen LogP contribution in [0.2, 0.25) is 0 Å². The van der Waals surface area contributed by atoms with Crippen LogP contribution in [0.4, 0.5) is 0 Å². The molecular formula is C11H9N2O. The average molecular weight is 185 g/mol. The van der Waals surface area contributed by atoms with Gasteiger partial charge in [-0.3, -0.25) is 4.98 Å². The molecule has 0 bridgehead atoms. The van der Waals surface area contributed by atoms with E-state index in [-0.39, 0.29) is 0 Å². The van der Waals surface area contributed by atoms with Crippen LogP contribution in [0.1, 0.15) is 0 Å². The summed E-state index contributed by atoms with van der Waals surface area (Å²) in [6, 6.07) is 10.3. The molecule has 0 saturated carbocycles. The van der Waals surface area contributed by atoms with Gasteiger partial charge in [-0.05, 0) is 12.1 Å². The summed E-state index contributed by atoms with van der Waals surface area (Å²) < 4.78 is 4.97. The molecule has 3 nitrogen and oxygen atoms in total. The van der Waals surface area contributed by atoms with E-state index < -0.39 is 0 Å². The van der Waals surface area contributed by atoms with Gasteiger partial charge in [-0.25, -0.2) is 4.98 Å². The fourth-order valence-electron chi connectivity index (χ4n) is 1.14. The second-order valence-electron chi connectivity index (χ2n) is 2.73. The largest absolute Gasteiger partial charge is 0.481 e. The van der Waals surface area contributed by atoms with E-state index in [2.05, 4.69) is 16.0 Å². The van der Waals surface area contributed by atoms with Crippen LogP contribution in [-0.4, -0.2) is 17.1 Å². The number of methoxy groups -OCH3 is 1. The van der Waals surface area contributed by atoms with E-state index in [4.69, 9.17) is 4.74 Å². The van der Waals surface area contributed by atoms with Crippen molar-refractivity contribution >= 4 is 0 Å². The number of ether oxygens (including phenoxy) is 1. The second-order valence-corrected chi connectivity index (χ2v) is 2.73. The molecule has 0 aliphatic carbocycles. The van der Waals surface area contributed by atoms with Crippen LogP contribution < -0.4 is 4.74 Å². The van der Waals surface area contributed by atoms with Crippen molar-refractivity contribution in [2.24, 2.45) is 0 Å². The van der Waals surface area contributed by atoms with E-state index >= 15 is 0 Å². The van der Waals surface area contributed by atoms with Gasteiger partial charge in [-0.15, -0.1) is 0 Å². The number of pyridine rings is 2. The number of nitrogens with zero attached hydrogens (tertiary/aromatic N) is 2. The molecule has 0 aliphatic rings. The highest BCUT2D eigenvalue weighted by molar-refractivity contribution is 5.57. The van der Waals surface area contributed by atoms with Gasteiger partial charge in [0.2, 0.25) is 5.88 Å². The van der Waals surface area contributed by atoms with Gasteiger partial charge in [0.25, 0.3) is 0 Å². The van der Waals surface area contributed by atoms with Gasteiger partial charge in [0.1, 0.15) is 0 Å². The van der Waals surface area contributed by atoms with Gasteiger partial charge in [0, 0.05) is 30.1 Å². The molecule has 0 amide bonds. The van der Waals surface area contributed by atoms with E-state index in [0.717, 1.165) is 11.3 Å². The van der Waals surface area contributed by atoms with E-state index in [9.17, 15) is 0 Å². The Labute approximate surface area is 82.4 Å². The van der Waals surface area contributed by atoms with E-state index in [1.54, 1.807) is 19.5 Å². The maximum atomic E-state index is 4.97. The SMILES string of the molecule is COc1ccc(-c2cc[c]cn2)cn1. The Morgan fingerprint density at radius 2 is 2.14 bits per heavy atom. The van der Waals surface area contributed by atoms with Crippen LogP contribution in [0.5, 0.6) is 5.88 Å². The molecule has 0 spiro atoms. The fourth-order valence-corrected chi connectivity index (χ4v) is 1.14. The van der Waals surface area contributed by atoms with Gasteiger partial charge in [0.05, 0.1) is 12.8 Å². The normalized spacial score (nSPS) is 9.79. The molecule has 2 aromatic heterocycles. The molecule has 69 valence electrons. The third kappa shape index (κ3) is 1.71. The molecule has 14 heavy (non-hydrogen) atoms. The lowest BCUT2D eigenvalue weighted by Gasteiger charge is -2.00. The maximum Gasteiger partial charge on any atom is 0.212 e. The maximum absolute atomic E-state index is 4.97. The number of hydrogen-bond acceptors (Lipinski definition) is 3. The van der Waals surface area contributed by atoms with E-state index in [0.29, 0.717) is 5.88 Å². The number of aromatic nitrogens is 2. The molecule has 0 unspecified atom stereocenters. The minimum absolute atomic E-state index is 0.608. The Hall–Kier alpha value is -1.90. The smallest absolute Gasteiger partial charge is 0.212 e. The van der Waals surface area contributed by atoms with Crippen molar-refractivity contribution in [1.29, 1.82) is 0 Å². The molecule has 0 N–H and O–H groups in total. The Morgan fingerprint density at radius 3 is 2.71 bits per heavy atom. The molecule has 3 heteroatoms. The molecular weight excluding hydrogens is 176 g/mol. The molecule has 0 aliphatic heterocycles. The summed E-state index contributed by atoms with van der Waals surface area (Å²) in [5, 5.41) is 0. The summed E-state index contributed by atoms with van der Waals surface area (Å²) in [4.78, 5) is 8.27. The predicted molar refractivity (Wildman–Crippen MR) is 52.9 cm³/mol. The Balaban J connectivity index is 2.34. The van der Waals surface area contributed by atoms with Crippen LogP contribution in [0, 0.1) is 6.07 Å². The van der Waals surface area contributed by atoms with Gasteiger partial charge >= 0.3 is 0 Å². The zero-order valence-electron chi connectivity index (χ0n) is 7.77. The van der Waals surface area contributed by atoms with Gasteiger partial charge < -0.3 is 4.74 Å². The second kappa shape index (κ2) is 3.87. The van der Waals surface area contributed by atoms with Crippen molar-refractivity contribution in [3.8, 4) is 17.1 Å². The topological polar surface area (TPSA) is 35.0 Å². The van der Waals surface area contributed by atoms with E-state index in [1.807, 2.05) is 24.3 Å². The zero-order chi connectivity index (χ0) is 9.80. The van der Waals surface area contributed by atoms with Gasteiger partial charge in [0.15, 0.2) is 0 Å². The van der Waals surface area contributed by atoms with Crippen molar-refractivity contribution in [1.82, 2.24) is 9.97 Å². The monoisotopic (exact) mass is 185 g/mol. The highest BCUT2D eigenvalue weighted by Crippen LogP contribution is 2.16. The molecule has 0 saturated heterocycles. The van der Waals surface area contributed by atoms with Crippen LogP contribution in [0.15, 0.2) is 36.7 Å². The van der Waals surface area contributed by atoms with Crippen LogP contribution >= 0.6 is 0 Å². The van der Waals surface area contributed by atoms with Crippen molar-refractivity contribution in [3.63, 3.8) is 0 Å². The lowest BCUT2D eigenvalue weighted by atomic mass is 10.2. The van der Waals surface area contributed by atoms with Crippen molar-refractivity contribution in [3.05, 3.63) is 42.7 Å². The summed E-state index contributed by atoms with van der Waals surface area (Å²) >= 11 is 0. The Bertz CT molecular complexity index is 397. The number of rotatable bonds is 2. The van der Waals surface area contributed by atoms with Crippen molar-refractivity contribution in [2.75, 3.05) is 7.11 Å².